The van der Waals surface area contributed by atoms with Crippen molar-refractivity contribution in [3.63, 3.8) is 0 Å². The van der Waals surface area contributed by atoms with E-state index in [9.17, 15) is 0 Å². The zero-order valence-corrected chi connectivity index (χ0v) is 10.8. The Kier molecular flexibility index (Phi) is 4.00. The van der Waals surface area contributed by atoms with Crippen LogP contribution < -0.4 is 0 Å². The Hall–Kier alpha value is -0.380. The van der Waals surface area contributed by atoms with Gasteiger partial charge in [0, 0.05) is 6.04 Å². The molecular formula is C11H15Cl2N3. The minimum Gasteiger partial charge on any atom is -0.303 e. The fraction of sp³-hybridized carbons (Fsp3) is 0.636. The average Bonchev–Trinajstić information content (AvgIpc) is 2.66. The molecule has 5 heteroatoms. The first kappa shape index (κ1) is 12.1. The van der Waals surface area contributed by atoms with E-state index in [1.165, 1.54) is 19.4 Å². The van der Waals surface area contributed by atoms with Crippen LogP contribution in [0.1, 0.15) is 25.0 Å². The first-order valence-electron chi connectivity index (χ1n) is 5.54. The second-order valence-corrected chi connectivity index (χ2v) is 4.99. The SMILES string of the molecule is CN1CCCC1CCc1nc(Cl)ncc1Cl. The highest BCUT2D eigenvalue weighted by molar-refractivity contribution is 6.31. The van der Waals surface area contributed by atoms with E-state index in [1.807, 2.05) is 0 Å². The van der Waals surface area contributed by atoms with Crippen molar-refractivity contribution in [2.75, 3.05) is 13.6 Å². The van der Waals surface area contributed by atoms with E-state index in [0.29, 0.717) is 11.1 Å². The van der Waals surface area contributed by atoms with Crippen LogP contribution in [0.3, 0.4) is 0 Å². The van der Waals surface area contributed by atoms with Gasteiger partial charge in [0.2, 0.25) is 5.28 Å². The molecule has 0 aliphatic carbocycles. The first-order chi connectivity index (χ1) is 7.66. The summed E-state index contributed by atoms with van der Waals surface area (Å²) >= 11 is 11.8. The molecule has 0 bridgehead atoms. The molecule has 0 radical (unpaired) electrons. The van der Waals surface area contributed by atoms with E-state index in [-0.39, 0.29) is 5.28 Å². The van der Waals surface area contributed by atoms with Gasteiger partial charge in [-0.1, -0.05) is 11.6 Å². The Bertz CT molecular complexity index is 370. The number of hydrogen-bond donors (Lipinski definition) is 0. The van der Waals surface area contributed by atoms with Crippen LogP contribution >= 0.6 is 23.2 Å². The van der Waals surface area contributed by atoms with Gasteiger partial charge in [-0.3, -0.25) is 0 Å². The number of aryl methyl sites for hydroxylation is 1. The van der Waals surface area contributed by atoms with Crippen LogP contribution in [0.2, 0.25) is 10.3 Å². The average molecular weight is 260 g/mol. The lowest BCUT2D eigenvalue weighted by Crippen LogP contribution is -2.25. The van der Waals surface area contributed by atoms with Crippen molar-refractivity contribution in [1.29, 1.82) is 0 Å². The summed E-state index contributed by atoms with van der Waals surface area (Å²) in [6, 6.07) is 0.657. The van der Waals surface area contributed by atoms with Crippen molar-refractivity contribution in [1.82, 2.24) is 14.9 Å². The summed E-state index contributed by atoms with van der Waals surface area (Å²) in [6.07, 6.45) is 6.09. The molecule has 0 N–H and O–H groups in total. The third kappa shape index (κ3) is 2.84. The maximum atomic E-state index is 6.02. The largest absolute Gasteiger partial charge is 0.303 e. The molecule has 3 nitrogen and oxygen atoms in total. The lowest BCUT2D eigenvalue weighted by Gasteiger charge is -2.18. The first-order valence-corrected chi connectivity index (χ1v) is 6.29. The smallest absolute Gasteiger partial charge is 0.222 e. The van der Waals surface area contributed by atoms with Gasteiger partial charge in [-0.25, -0.2) is 9.97 Å². The van der Waals surface area contributed by atoms with E-state index >= 15 is 0 Å². The number of rotatable bonds is 3. The molecule has 1 aromatic heterocycles. The maximum absolute atomic E-state index is 6.02. The predicted molar refractivity (Wildman–Crippen MR) is 66.0 cm³/mol. The van der Waals surface area contributed by atoms with E-state index < -0.39 is 0 Å². The van der Waals surface area contributed by atoms with Crippen molar-refractivity contribution in [3.05, 3.63) is 22.2 Å². The molecule has 0 saturated carbocycles. The Morgan fingerprint density at radius 1 is 1.50 bits per heavy atom. The molecule has 0 amide bonds. The van der Waals surface area contributed by atoms with Crippen molar-refractivity contribution in [2.45, 2.75) is 31.7 Å². The van der Waals surface area contributed by atoms with Crippen LogP contribution in [0.15, 0.2) is 6.20 Å². The van der Waals surface area contributed by atoms with Gasteiger partial charge in [-0.05, 0) is 50.9 Å². The van der Waals surface area contributed by atoms with Gasteiger partial charge in [0.05, 0.1) is 16.9 Å². The minimum atomic E-state index is 0.277. The van der Waals surface area contributed by atoms with Gasteiger partial charge in [-0.2, -0.15) is 0 Å². The Balaban J connectivity index is 1.96. The third-order valence-corrected chi connectivity index (χ3v) is 3.67. The quantitative estimate of drug-likeness (QED) is 0.782. The van der Waals surface area contributed by atoms with E-state index in [1.54, 1.807) is 6.20 Å². The standard InChI is InChI=1S/C11H15Cl2N3/c1-16-6-2-3-8(16)4-5-10-9(12)7-14-11(13)15-10/h7-8H,2-6H2,1H3. The third-order valence-electron chi connectivity index (χ3n) is 3.17. The fourth-order valence-corrected chi connectivity index (χ4v) is 2.54. The number of nitrogens with zero attached hydrogens (tertiary/aromatic N) is 3. The summed E-state index contributed by atoms with van der Waals surface area (Å²) in [5.41, 5.74) is 0.863. The van der Waals surface area contributed by atoms with Crippen LogP contribution in [0.5, 0.6) is 0 Å². The molecule has 88 valence electrons. The van der Waals surface area contributed by atoms with Crippen LogP contribution in [-0.4, -0.2) is 34.5 Å². The normalized spacial score (nSPS) is 21.6. The molecule has 1 unspecified atom stereocenters. The van der Waals surface area contributed by atoms with Gasteiger partial charge in [0.25, 0.3) is 0 Å². The molecule has 1 aromatic rings. The molecule has 1 atom stereocenters. The van der Waals surface area contributed by atoms with Crippen LogP contribution in [0.25, 0.3) is 0 Å². The van der Waals surface area contributed by atoms with Crippen molar-refractivity contribution in [3.8, 4) is 0 Å². The molecule has 16 heavy (non-hydrogen) atoms. The van der Waals surface area contributed by atoms with E-state index in [4.69, 9.17) is 23.2 Å². The zero-order valence-electron chi connectivity index (χ0n) is 9.29. The summed E-state index contributed by atoms with van der Waals surface area (Å²) < 4.78 is 0. The summed E-state index contributed by atoms with van der Waals surface area (Å²) in [4.78, 5) is 10.4. The number of likely N-dealkylation sites (tertiary alicyclic amines) is 1. The van der Waals surface area contributed by atoms with Crippen molar-refractivity contribution in [2.24, 2.45) is 0 Å². The topological polar surface area (TPSA) is 29.0 Å². The molecule has 1 saturated heterocycles. The Morgan fingerprint density at radius 3 is 3.00 bits per heavy atom. The molecule has 0 aromatic carbocycles. The van der Waals surface area contributed by atoms with Crippen LogP contribution in [0.4, 0.5) is 0 Å². The molecule has 1 aliphatic heterocycles. The predicted octanol–water partition coefficient (Wildman–Crippen LogP) is 2.81. The summed E-state index contributed by atoms with van der Waals surface area (Å²) in [6.45, 7) is 1.20. The van der Waals surface area contributed by atoms with Gasteiger partial charge < -0.3 is 4.90 Å². The molecule has 2 rings (SSSR count). The lowest BCUT2D eigenvalue weighted by molar-refractivity contribution is 0.296. The highest BCUT2D eigenvalue weighted by atomic mass is 35.5. The molecule has 1 aliphatic rings. The van der Waals surface area contributed by atoms with Crippen molar-refractivity contribution < 1.29 is 0 Å². The lowest BCUT2D eigenvalue weighted by atomic mass is 10.1. The highest BCUT2D eigenvalue weighted by Crippen LogP contribution is 2.22. The number of hydrogen-bond acceptors (Lipinski definition) is 3. The molecular weight excluding hydrogens is 245 g/mol. The number of halogens is 2. The summed E-state index contributed by atoms with van der Waals surface area (Å²) in [5.74, 6) is 0. The van der Waals surface area contributed by atoms with Crippen LogP contribution in [-0.2, 0) is 6.42 Å². The van der Waals surface area contributed by atoms with Gasteiger partial charge in [0.15, 0.2) is 0 Å². The second kappa shape index (κ2) is 5.30. The monoisotopic (exact) mass is 259 g/mol. The van der Waals surface area contributed by atoms with Gasteiger partial charge >= 0.3 is 0 Å². The summed E-state index contributed by atoms with van der Waals surface area (Å²) in [5, 5.41) is 0.893. The summed E-state index contributed by atoms with van der Waals surface area (Å²) in [7, 11) is 2.17. The van der Waals surface area contributed by atoms with Crippen LogP contribution in [0, 0.1) is 0 Å². The highest BCUT2D eigenvalue weighted by Gasteiger charge is 2.20. The Morgan fingerprint density at radius 2 is 2.31 bits per heavy atom. The minimum absolute atomic E-state index is 0.277. The van der Waals surface area contributed by atoms with Crippen molar-refractivity contribution >= 4 is 23.2 Å². The maximum Gasteiger partial charge on any atom is 0.222 e. The van der Waals surface area contributed by atoms with E-state index in [2.05, 4.69) is 21.9 Å². The molecule has 0 spiro atoms. The van der Waals surface area contributed by atoms with Gasteiger partial charge in [-0.15, -0.1) is 0 Å². The Labute approximate surface area is 106 Å². The molecule has 1 fully saturated rings. The second-order valence-electron chi connectivity index (χ2n) is 4.25. The van der Waals surface area contributed by atoms with E-state index in [0.717, 1.165) is 18.5 Å². The van der Waals surface area contributed by atoms with Gasteiger partial charge in [0.1, 0.15) is 0 Å². The zero-order chi connectivity index (χ0) is 11.5. The molecule has 2 heterocycles. The fourth-order valence-electron chi connectivity index (χ4n) is 2.20. The number of aromatic nitrogens is 2.